The topological polar surface area (TPSA) is 66.4 Å². The summed E-state index contributed by atoms with van der Waals surface area (Å²) < 4.78 is 25.3. The van der Waals surface area contributed by atoms with Crippen LogP contribution < -0.4 is 4.72 Å². The maximum absolute atomic E-state index is 11.5. The zero-order chi connectivity index (χ0) is 10.9. The van der Waals surface area contributed by atoms with Crippen LogP contribution in [-0.2, 0) is 10.0 Å². The predicted molar refractivity (Wildman–Crippen MR) is 56.5 cm³/mol. The molecule has 0 aromatic heterocycles. The third-order valence-electron chi connectivity index (χ3n) is 2.35. The quantitative estimate of drug-likeness (QED) is 0.746. The van der Waals surface area contributed by atoms with Crippen LogP contribution in [0.15, 0.2) is 30.3 Å². The molecule has 0 spiro atoms. The third-order valence-corrected chi connectivity index (χ3v) is 4.26. The molecule has 2 rings (SSSR count). The van der Waals surface area contributed by atoms with Crippen LogP contribution in [0.4, 0.5) is 0 Å². The second-order valence-electron chi connectivity index (χ2n) is 3.68. The van der Waals surface area contributed by atoms with Gasteiger partial charge in [-0.15, -0.1) is 0 Å². The second-order valence-corrected chi connectivity index (χ2v) is 5.67. The van der Waals surface area contributed by atoms with Crippen LogP contribution in [0, 0.1) is 0 Å². The highest BCUT2D eigenvalue weighted by atomic mass is 32.2. The Labute approximate surface area is 89.0 Å². The lowest BCUT2D eigenvalue weighted by molar-refractivity contribution is 0.166. The van der Waals surface area contributed by atoms with E-state index in [0.29, 0.717) is 18.4 Å². The minimum atomic E-state index is -3.33. The first-order valence-corrected chi connectivity index (χ1v) is 6.38. The van der Waals surface area contributed by atoms with Gasteiger partial charge in [-0.3, -0.25) is 0 Å². The molecule has 1 fully saturated rings. The summed E-state index contributed by atoms with van der Waals surface area (Å²) in [6.07, 6.45) is 0.241. The highest BCUT2D eigenvalue weighted by Crippen LogP contribution is 2.28. The number of aliphatic hydroxyl groups excluding tert-OH is 1. The van der Waals surface area contributed by atoms with Gasteiger partial charge in [0.15, 0.2) is 0 Å². The van der Waals surface area contributed by atoms with Gasteiger partial charge in [0, 0.05) is 0 Å². The molecule has 0 heterocycles. The first-order chi connectivity index (χ1) is 7.09. The molecule has 82 valence electrons. The molecule has 0 aliphatic heterocycles. The van der Waals surface area contributed by atoms with Gasteiger partial charge in [0.2, 0.25) is 10.0 Å². The van der Waals surface area contributed by atoms with E-state index in [4.69, 9.17) is 0 Å². The fourth-order valence-corrected chi connectivity index (χ4v) is 2.73. The van der Waals surface area contributed by atoms with Crippen molar-refractivity contribution in [2.75, 3.05) is 0 Å². The maximum atomic E-state index is 11.5. The molecule has 0 amide bonds. The summed E-state index contributed by atoms with van der Waals surface area (Å²) in [4.78, 5) is 0. The number of hydrogen-bond donors (Lipinski definition) is 2. The molecule has 0 bridgehead atoms. The summed E-state index contributed by atoms with van der Waals surface area (Å²) in [5.41, 5.74) is 0.557. The van der Waals surface area contributed by atoms with Gasteiger partial charge in [-0.1, -0.05) is 30.3 Å². The van der Waals surface area contributed by atoms with Crippen molar-refractivity contribution in [2.45, 2.75) is 24.3 Å². The SMILES string of the molecule is O=S(=O)(NC(O)c1ccccc1)C1CC1. The standard InChI is InChI=1S/C10H13NO3S/c12-10(8-4-2-1-3-5-8)11-15(13,14)9-6-7-9/h1-5,9-12H,6-7H2. The molecule has 1 aliphatic carbocycles. The molecule has 1 unspecified atom stereocenters. The normalized spacial score (nSPS) is 18.7. The summed E-state index contributed by atoms with van der Waals surface area (Å²) >= 11 is 0. The summed E-state index contributed by atoms with van der Waals surface area (Å²) in [5.74, 6) is 0. The van der Waals surface area contributed by atoms with E-state index in [0.717, 1.165) is 0 Å². The summed E-state index contributed by atoms with van der Waals surface area (Å²) in [5, 5.41) is 9.33. The van der Waals surface area contributed by atoms with Gasteiger partial charge in [0.25, 0.3) is 0 Å². The van der Waals surface area contributed by atoms with E-state index in [1.165, 1.54) is 0 Å². The van der Waals surface area contributed by atoms with Crippen molar-refractivity contribution < 1.29 is 13.5 Å². The van der Waals surface area contributed by atoms with Crippen LogP contribution in [-0.4, -0.2) is 18.8 Å². The maximum Gasteiger partial charge on any atom is 0.216 e. The first kappa shape index (κ1) is 10.6. The molecule has 0 saturated heterocycles. The van der Waals surface area contributed by atoms with E-state index in [9.17, 15) is 13.5 Å². The van der Waals surface area contributed by atoms with E-state index in [-0.39, 0.29) is 5.25 Å². The number of nitrogens with one attached hydrogen (secondary N) is 1. The molecule has 1 atom stereocenters. The van der Waals surface area contributed by atoms with Crippen molar-refractivity contribution in [3.8, 4) is 0 Å². The Hall–Kier alpha value is -0.910. The Bertz CT molecular complexity index is 425. The smallest absolute Gasteiger partial charge is 0.216 e. The van der Waals surface area contributed by atoms with Crippen LogP contribution in [0.1, 0.15) is 24.6 Å². The predicted octanol–water partition coefficient (Wildman–Crippen LogP) is 0.759. The van der Waals surface area contributed by atoms with Crippen molar-refractivity contribution in [3.63, 3.8) is 0 Å². The average molecular weight is 227 g/mol. The van der Waals surface area contributed by atoms with Gasteiger partial charge in [-0.05, 0) is 18.4 Å². The van der Waals surface area contributed by atoms with Crippen molar-refractivity contribution in [1.29, 1.82) is 0 Å². The Balaban J connectivity index is 2.07. The fourth-order valence-electron chi connectivity index (χ4n) is 1.33. The van der Waals surface area contributed by atoms with Crippen molar-refractivity contribution in [1.82, 2.24) is 4.72 Å². The summed E-state index contributed by atoms with van der Waals surface area (Å²) in [6, 6.07) is 8.68. The van der Waals surface area contributed by atoms with Crippen LogP contribution in [0.2, 0.25) is 0 Å². The van der Waals surface area contributed by atoms with E-state index >= 15 is 0 Å². The lowest BCUT2D eigenvalue weighted by atomic mass is 10.2. The molecular formula is C10H13NO3S. The van der Waals surface area contributed by atoms with E-state index in [2.05, 4.69) is 4.72 Å². The van der Waals surface area contributed by atoms with Crippen LogP contribution >= 0.6 is 0 Å². The van der Waals surface area contributed by atoms with E-state index in [1.54, 1.807) is 24.3 Å². The van der Waals surface area contributed by atoms with E-state index in [1.807, 2.05) is 6.07 Å². The molecule has 1 aromatic rings. The lowest BCUT2D eigenvalue weighted by Crippen LogP contribution is -2.31. The largest absolute Gasteiger partial charge is 0.373 e. The molecule has 0 radical (unpaired) electrons. The third kappa shape index (κ3) is 2.56. The van der Waals surface area contributed by atoms with E-state index < -0.39 is 16.3 Å². The highest BCUT2D eigenvalue weighted by molar-refractivity contribution is 7.90. The molecule has 15 heavy (non-hydrogen) atoms. The molecule has 1 aliphatic rings. The number of rotatable bonds is 4. The zero-order valence-electron chi connectivity index (χ0n) is 8.13. The summed E-state index contributed by atoms with van der Waals surface area (Å²) in [7, 11) is -3.33. The van der Waals surface area contributed by atoms with Gasteiger partial charge < -0.3 is 5.11 Å². The number of hydrogen-bond acceptors (Lipinski definition) is 3. The zero-order valence-corrected chi connectivity index (χ0v) is 8.94. The molecular weight excluding hydrogens is 214 g/mol. The molecule has 2 N–H and O–H groups in total. The van der Waals surface area contributed by atoms with Crippen LogP contribution in [0.5, 0.6) is 0 Å². The first-order valence-electron chi connectivity index (χ1n) is 4.84. The Morgan fingerprint density at radius 3 is 2.40 bits per heavy atom. The lowest BCUT2D eigenvalue weighted by Gasteiger charge is -2.12. The number of aliphatic hydroxyl groups is 1. The van der Waals surface area contributed by atoms with Gasteiger partial charge in [-0.25, -0.2) is 8.42 Å². The second kappa shape index (κ2) is 3.92. The fraction of sp³-hybridized carbons (Fsp3) is 0.400. The summed E-state index contributed by atoms with van der Waals surface area (Å²) in [6.45, 7) is 0. The Morgan fingerprint density at radius 1 is 1.27 bits per heavy atom. The Kier molecular flexibility index (Phi) is 2.77. The average Bonchev–Trinajstić information content (AvgIpc) is 3.01. The molecule has 1 aromatic carbocycles. The van der Waals surface area contributed by atoms with Crippen molar-refractivity contribution in [3.05, 3.63) is 35.9 Å². The van der Waals surface area contributed by atoms with Crippen molar-refractivity contribution in [2.24, 2.45) is 0 Å². The van der Waals surface area contributed by atoms with Gasteiger partial charge in [0.1, 0.15) is 6.23 Å². The Morgan fingerprint density at radius 2 is 1.87 bits per heavy atom. The molecule has 4 nitrogen and oxygen atoms in total. The highest BCUT2D eigenvalue weighted by Gasteiger charge is 2.36. The molecule has 5 heteroatoms. The van der Waals surface area contributed by atoms with Crippen LogP contribution in [0.25, 0.3) is 0 Å². The minimum Gasteiger partial charge on any atom is -0.373 e. The van der Waals surface area contributed by atoms with Gasteiger partial charge >= 0.3 is 0 Å². The number of sulfonamides is 1. The number of benzene rings is 1. The van der Waals surface area contributed by atoms with Crippen molar-refractivity contribution >= 4 is 10.0 Å². The van der Waals surface area contributed by atoms with Gasteiger partial charge in [0.05, 0.1) is 5.25 Å². The monoisotopic (exact) mass is 227 g/mol. The minimum absolute atomic E-state index is 0.309. The van der Waals surface area contributed by atoms with Gasteiger partial charge in [-0.2, -0.15) is 4.72 Å². The van der Waals surface area contributed by atoms with Crippen LogP contribution in [0.3, 0.4) is 0 Å². The molecule has 1 saturated carbocycles.